The summed E-state index contributed by atoms with van der Waals surface area (Å²) in [6.45, 7) is 3.98. The number of rotatable bonds is 6. The molecule has 4 nitrogen and oxygen atoms in total. The molecule has 1 amide bonds. The highest BCUT2D eigenvalue weighted by Crippen LogP contribution is 2.27. The fourth-order valence-electron chi connectivity index (χ4n) is 3.34. The van der Waals surface area contributed by atoms with E-state index in [0.29, 0.717) is 0 Å². The number of aryl methyl sites for hydroxylation is 3. The molecule has 0 saturated heterocycles. The summed E-state index contributed by atoms with van der Waals surface area (Å²) in [5.74, 6) is 1.39. The van der Waals surface area contributed by atoms with Crippen LogP contribution < -0.4 is 14.8 Å². The molecule has 132 valence electrons. The standard InChI is InChI=1S/C21H25NO3/c1-14-7-10-20(24-3)19(11-14)15(2)22-21(23)13-25-18-9-8-16-5-4-6-17(16)12-18/h7-12,15H,4-6,13H2,1-3H3,(H,22,23)/t15-/m0/s1. The van der Waals surface area contributed by atoms with Crippen LogP contribution in [-0.2, 0) is 17.6 Å². The number of benzene rings is 2. The molecule has 0 radical (unpaired) electrons. The SMILES string of the molecule is COc1ccc(C)cc1[C@H](C)NC(=O)COc1ccc2c(c1)CCC2. The number of nitrogens with one attached hydrogen (secondary N) is 1. The zero-order valence-corrected chi connectivity index (χ0v) is 15.1. The number of hydrogen-bond donors (Lipinski definition) is 1. The van der Waals surface area contributed by atoms with E-state index in [-0.39, 0.29) is 18.6 Å². The largest absolute Gasteiger partial charge is 0.496 e. The van der Waals surface area contributed by atoms with E-state index in [0.717, 1.165) is 35.5 Å². The number of ether oxygens (including phenoxy) is 2. The van der Waals surface area contributed by atoms with Crippen molar-refractivity contribution >= 4 is 5.91 Å². The van der Waals surface area contributed by atoms with Crippen molar-refractivity contribution in [2.24, 2.45) is 0 Å². The van der Waals surface area contributed by atoms with Gasteiger partial charge in [0.25, 0.3) is 5.91 Å². The molecule has 1 aliphatic carbocycles. The Bertz CT molecular complexity index is 770. The minimum Gasteiger partial charge on any atom is -0.496 e. The highest BCUT2D eigenvalue weighted by atomic mass is 16.5. The lowest BCUT2D eigenvalue weighted by Crippen LogP contribution is -2.31. The number of amides is 1. The van der Waals surface area contributed by atoms with Gasteiger partial charge in [0.2, 0.25) is 0 Å². The zero-order valence-electron chi connectivity index (χ0n) is 15.1. The topological polar surface area (TPSA) is 47.6 Å². The van der Waals surface area contributed by atoms with E-state index in [9.17, 15) is 4.79 Å². The van der Waals surface area contributed by atoms with Crippen molar-refractivity contribution in [3.63, 3.8) is 0 Å². The van der Waals surface area contributed by atoms with Gasteiger partial charge in [-0.2, -0.15) is 0 Å². The first-order chi connectivity index (χ1) is 12.1. The first-order valence-electron chi connectivity index (χ1n) is 8.75. The molecule has 2 aromatic carbocycles. The maximum atomic E-state index is 12.2. The van der Waals surface area contributed by atoms with Crippen LogP contribution >= 0.6 is 0 Å². The third-order valence-corrected chi connectivity index (χ3v) is 4.67. The number of fused-ring (bicyclic) bond motifs is 1. The van der Waals surface area contributed by atoms with Crippen LogP contribution in [0, 0.1) is 6.92 Å². The first kappa shape index (κ1) is 17.3. The minimum atomic E-state index is -0.147. The number of carbonyl (C=O) groups excluding carboxylic acids is 1. The molecule has 0 heterocycles. The monoisotopic (exact) mass is 339 g/mol. The molecule has 25 heavy (non-hydrogen) atoms. The van der Waals surface area contributed by atoms with Gasteiger partial charge in [0.1, 0.15) is 11.5 Å². The Morgan fingerprint density at radius 2 is 1.96 bits per heavy atom. The van der Waals surface area contributed by atoms with E-state index < -0.39 is 0 Å². The Morgan fingerprint density at radius 1 is 1.16 bits per heavy atom. The van der Waals surface area contributed by atoms with E-state index in [1.807, 2.05) is 38.1 Å². The summed E-state index contributed by atoms with van der Waals surface area (Å²) in [7, 11) is 1.64. The Labute approximate surface area is 149 Å². The van der Waals surface area contributed by atoms with Gasteiger partial charge in [0.15, 0.2) is 6.61 Å². The summed E-state index contributed by atoms with van der Waals surface area (Å²) in [5.41, 5.74) is 4.84. The summed E-state index contributed by atoms with van der Waals surface area (Å²) in [5, 5.41) is 2.98. The summed E-state index contributed by atoms with van der Waals surface area (Å²) >= 11 is 0. The van der Waals surface area contributed by atoms with Crippen LogP contribution in [0.2, 0.25) is 0 Å². The van der Waals surface area contributed by atoms with E-state index >= 15 is 0 Å². The fraction of sp³-hybridized carbons (Fsp3) is 0.381. The molecule has 2 aromatic rings. The first-order valence-corrected chi connectivity index (χ1v) is 8.75. The second-order valence-corrected chi connectivity index (χ2v) is 6.61. The molecule has 1 aliphatic rings. The van der Waals surface area contributed by atoms with Crippen LogP contribution in [0.15, 0.2) is 36.4 Å². The van der Waals surface area contributed by atoms with Crippen molar-refractivity contribution in [1.82, 2.24) is 5.32 Å². The van der Waals surface area contributed by atoms with Gasteiger partial charge in [-0.15, -0.1) is 0 Å². The maximum Gasteiger partial charge on any atom is 0.258 e. The molecular weight excluding hydrogens is 314 g/mol. The lowest BCUT2D eigenvalue weighted by atomic mass is 10.0. The molecule has 0 fully saturated rings. The van der Waals surface area contributed by atoms with Gasteiger partial charge in [-0.1, -0.05) is 23.8 Å². The van der Waals surface area contributed by atoms with Crippen LogP contribution in [0.4, 0.5) is 0 Å². The minimum absolute atomic E-state index is 0.0112. The normalized spacial score (nSPS) is 13.9. The predicted molar refractivity (Wildman–Crippen MR) is 98.3 cm³/mol. The molecule has 0 unspecified atom stereocenters. The van der Waals surface area contributed by atoms with Gasteiger partial charge in [0.05, 0.1) is 13.2 Å². The second-order valence-electron chi connectivity index (χ2n) is 6.61. The van der Waals surface area contributed by atoms with Crippen LogP contribution in [-0.4, -0.2) is 19.6 Å². The smallest absolute Gasteiger partial charge is 0.258 e. The van der Waals surface area contributed by atoms with Crippen molar-refractivity contribution in [3.05, 3.63) is 58.7 Å². The van der Waals surface area contributed by atoms with E-state index in [2.05, 4.69) is 17.4 Å². The lowest BCUT2D eigenvalue weighted by Gasteiger charge is -2.18. The highest BCUT2D eigenvalue weighted by molar-refractivity contribution is 5.78. The van der Waals surface area contributed by atoms with Crippen LogP contribution in [0.5, 0.6) is 11.5 Å². The van der Waals surface area contributed by atoms with Crippen molar-refractivity contribution in [2.75, 3.05) is 13.7 Å². The average Bonchev–Trinajstić information content (AvgIpc) is 3.07. The maximum absolute atomic E-state index is 12.2. The number of hydrogen-bond acceptors (Lipinski definition) is 3. The van der Waals surface area contributed by atoms with Gasteiger partial charge in [-0.25, -0.2) is 0 Å². The summed E-state index contributed by atoms with van der Waals surface area (Å²) < 4.78 is 11.1. The van der Waals surface area contributed by atoms with Gasteiger partial charge in [0, 0.05) is 5.56 Å². The van der Waals surface area contributed by atoms with Gasteiger partial charge < -0.3 is 14.8 Å². The summed E-state index contributed by atoms with van der Waals surface area (Å²) in [4.78, 5) is 12.2. The van der Waals surface area contributed by atoms with Crippen molar-refractivity contribution in [2.45, 2.75) is 39.2 Å². The molecule has 3 rings (SSSR count). The van der Waals surface area contributed by atoms with Crippen LogP contribution in [0.25, 0.3) is 0 Å². The van der Waals surface area contributed by atoms with Gasteiger partial charge in [-0.05, 0) is 62.4 Å². The molecule has 0 saturated carbocycles. The quantitative estimate of drug-likeness (QED) is 0.872. The third-order valence-electron chi connectivity index (χ3n) is 4.67. The van der Waals surface area contributed by atoms with E-state index in [1.54, 1.807) is 7.11 Å². The van der Waals surface area contributed by atoms with Crippen molar-refractivity contribution in [1.29, 1.82) is 0 Å². The fourth-order valence-corrected chi connectivity index (χ4v) is 3.34. The summed E-state index contributed by atoms with van der Waals surface area (Å²) in [6.07, 6.45) is 3.45. The van der Waals surface area contributed by atoms with Crippen molar-refractivity contribution in [3.8, 4) is 11.5 Å². The molecule has 0 bridgehead atoms. The summed E-state index contributed by atoms with van der Waals surface area (Å²) in [6, 6.07) is 11.9. The van der Waals surface area contributed by atoms with E-state index in [1.165, 1.54) is 17.5 Å². The third kappa shape index (κ3) is 4.13. The molecule has 4 heteroatoms. The highest BCUT2D eigenvalue weighted by Gasteiger charge is 2.15. The average molecular weight is 339 g/mol. The van der Waals surface area contributed by atoms with Gasteiger partial charge in [-0.3, -0.25) is 4.79 Å². The molecular formula is C21H25NO3. The van der Waals surface area contributed by atoms with Crippen LogP contribution in [0.1, 0.15) is 41.6 Å². The van der Waals surface area contributed by atoms with Gasteiger partial charge >= 0.3 is 0 Å². The predicted octanol–water partition coefficient (Wildman–Crippen LogP) is 3.75. The Morgan fingerprint density at radius 3 is 2.76 bits per heavy atom. The van der Waals surface area contributed by atoms with Crippen LogP contribution in [0.3, 0.4) is 0 Å². The molecule has 0 spiro atoms. The van der Waals surface area contributed by atoms with E-state index in [4.69, 9.17) is 9.47 Å². The van der Waals surface area contributed by atoms with Crippen molar-refractivity contribution < 1.29 is 14.3 Å². The Kier molecular flexibility index (Phi) is 5.27. The second kappa shape index (κ2) is 7.60. The molecule has 0 aliphatic heterocycles. The Hall–Kier alpha value is -2.49. The molecule has 1 N–H and O–H groups in total. The Balaban J connectivity index is 1.58. The zero-order chi connectivity index (χ0) is 17.8. The lowest BCUT2D eigenvalue weighted by molar-refractivity contribution is -0.123. The number of carbonyl (C=O) groups is 1. The number of methoxy groups -OCH3 is 1. The molecule has 0 aromatic heterocycles. The molecule has 1 atom stereocenters.